The number of hydrogen-bond donors (Lipinski definition) is 0. The molecule has 0 amide bonds. The molecule has 19 heavy (non-hydrogen) atoms. The average Bonchev–Trinajstić information content (AvgIpc) is 2.89. The highest BCUT2D eigenvalue weighted by molar-refractivity contribution is 7.97. The summed E-state index contributed by atoms with van der Waals surface area (Å²) in [5.74, 6) is 2.55. The number of thioether (sulfide) groups is 1. The van der Waals surface area contributed by atoms with Crippen LogP contribution >= 0.6 is 34.7 Å². The molecule has 0 unspecified atom stereocenters. The Balaban J connectivity index is 1.68. The van der Waals surface area contributed by atoms with Crippen LogP contribution in [0.2, 0.25) is 5.15 Å². The van der Waals surface area contributed by atoms with Gasteiger partial charge in [0.25, 0.3) is 0 Å². The Kier molecular flexibility index (Phi) is 4.01. The Hall–Kier alpha value is -1.10. The number of thiophene rings is 1. The molecule has 5 heteroatoms. The van der Waals surface area contributed by atoms with Gasteiger partial charge in [-0.1, -0.05) is 41.9 Å². The Morgan fingerprint density at radius 3 is 2.74 bits per heavy atom. The molecular weight excluding hydrogens is 296 g/mol. The predicted octanol–water partition coefficient (Wildman–Crippen LogP) is 4.78. The molecule has 2 heterocycles. The molecule has 0 radical (unpaired) electrons. The highest BCUT2D eigenvalue weighted by Gasteiger charge is 2.07. The van der Waals surface area contributed by atoms with Crippen LogP contribution in [0.5, 0.6) is 0 Å². The van der Waals surface area contributed by atoms with E-state index in [0.717, 1.165) is 27.5 Å². The number of halogens is 1. The van der Waals surface area contributed by atoms with E-state index in [0.29, 0.717) is 5.15 Å². The number of hydrogen-bond acceptors (Lipinski definition) is 4. The van der Waals surface area contributed by atoms with Crippen molar-refractivity contribution in [3.8, 4) is 0 Å². The minimum atomic E-state index is 0.557. The van der Waals surface area contributed by atoms with E-state index in [-0.39, 0.29) is 0 Å². The van der Waals surface area contributed by atoms with Crippen LogP contribution in [0.1, 0.15) is 11.4 Å². The predicted molar refractivity (Wildman–Crippen MR) is 83.9 cm³/mol. The second kappa shape index (κ2) is 5.90. The van der Waals surface area contributed by atoms with Crippen LogP contribution in [0.15, 0.2) is 41.8 Å². The zero-order valence-corrected chi connectivity index (χ0v) is 12.4. The molecule has 0 aliphatic rings. The zero-order chi connectivity index (χ0) is 13.1. The lowest BCUT2D eigenvalue weighted by atomic mass is 10.2. The third-order valence-corrected chi connectivity index (χ3v) is 4.76. The van der Waals surface area contributed by atoms with Crippen LogP contribution in [0, 0.1) is 0 Å². The number of aromatic nitrogens is 2. The van der Waals surface area contributed by atoms with E-state index >= 15 is 0 Å². The van der Waals surface area contributed by atoms with Crippen LogP contribution in [0.25, 0.3) is 10.2 Å². The van der Waals surface area contributed by atoms with Crippen LogP contribution in [-0.2, 0) is 11.5 Å². The molecular formula is C14H11ClN2S2. The maximum atomic E-state index is 6.15. The minimum absolute atomic E-state index is 0.557. The van der Waals surface area contributed by atoms with E-state index in [9.17, 15) is 0 Å². The monoisotopic (exact) mass is 306 g/mol. The van der Waals surface area contributed by atoms with Crippen molar-refractivity contribution < 1.29 is 0 Å². The Labute approximate surface area is 124 Å². The Morgan fingerprint density at radius 1 is 1.05 bits per heavy atom. The first kappa shape index (κ1) is 12.9. The standard InChI is InChI=1S/C14H11ClN2S2/c15-13-11-6-7-19-14(11)17-12(16-13)9-18-8-10-4-2-1-3-5-10/h1-7H,8-9H2. The van der Waals surface area contributed by atoms with E-state index in [1.54, 1.807) is 23.1 Å². The quantitative estimate of drug-likeness (QED) is 0.649. The van der Waals surface area contributed by atoms with E-state index in [2.05, 4.69) is 34.2 Å². The molecule has 3 rings (SSSR count). The van der Waals surface area contributed by atoms with Gasteiger partial charge in [-0.2, -0.15) is 0 Å². The third kappa shape index (κ3) is 3.08. The highest BCUT2D eigenvalue weighted by Crippen LogP contribution is 2.26. The van der Waals surface area contributed by atoms with Crippen molar-refractivity contribution in [1.82, 2.24) is 9.97 Å². The number of benzene rings is 1. The van der Waals surface area contributed by atoms with Gasteiger partial charge >= 0.3 is 0 Å². The summed E-state index contributed by atoms with van der Waals surface area (Å²) in [7, 11) is 0. The maximum Gasteiger partial charge on any atom is 0.141 e. The van der Waals surface area contributed by atoms with Gasteiger partial charge in [-0.3, -0.25) is 0 Å². The summed E-state index contributed by atoms with van der Waals surface area (Å²) >= 11 is 9.55. The smallest absolute Gasteiger partial charge is 0.141 e. The maximum absolute atomic E-state index is 6.15. The molecule has 0 bridgehead atoms. The first-order valence-corrected chi connectivity index (χ1v) is 8.25. The van der Waals surface area contributed by atoms with Crippen LogP contribution in [-0.4, -0.2) is 9.97 Å². The minimum Gasteiger partial charge on any atom is -0.221 e. The lowest BCUT2D eigenvalue weighted by Crippen LogP contribution is -1.93. The lowest BCUT2D eigenvalue weighted by molar-refractivity contribution is 1.07. The van der Waals surface area contributed by atoms with Crippen molar-refractivity contribution in [2.75, 3.05) is 0 Å². The van der Waals surface area contributed by atoms with Crippen LogP contribution in [0.4, 0.5) is 0 Å². The molecule has 1 aromatic carbocycles. The van der Waals surface area contributed by atoms with Gasteiger partial charge in [0.15, 0.2) is 0 Å². The molecule has 2 nitrogen and oxygen atoms in total. The molecule has 2 aromatic heterocycles. The van der Waals surface area contributed by atoms with Gasteiger partial charge in [0.1, 0.15) is 15.8 Å². The number of rotatable bonds is 4. The van der Waals surface area contributed by atoms with Gasteiger partial charge in [-0.25, -0.2) is 9.97 Å². The van der Waals surface area contributed by atoms with Gasteiger partial charge in [0.05, 0.1) is 5.75 Å². The van der Waals surface area contributed by atoms with Crippen molar-refractivity contribution in [2.24, 2.45) is 0 Å². The molecule has 0 aliphatic carbocycles. The highest BCUT2D eigenvalue weighted by atomic mass is 35.5. The Morgan fingerprint density at radius 2 is 1.89 bits per heavy atom. The van der Waals surface area contributed by atoms with E-state index in [1.165, 1.54) is 5.56 Å². The second-order valence-corrected chi connectivity index (χ2v) is 6.29. The second-order valence-electron chi connectivity index (χ2n) is 4.05. The fourth-order valence-corrected chi connectivity index (χ4v) is 3.69. The van der Waals surface area contributed by atoms with E-state index < -0.39 is 0 Å². The topological polar surface area (TPSA) is 25.8 Å². The SMILES string of the molecule is Clc1nc(CSCc2ccccc2)nc2sccc12. The molecule has 0 atom stereocenters. The molecule has 0 spiro atoms. The summed E-state index contributed by atoms with van der Waals surface area (Å²) in [6, 6.07) is 12.4. The zero-order valence-electron chi connectivity index (χ0n) is 10.0. The van der Waals surface area contributed by atoms with E-state index in [4.69, 9.17) is 11.6 Å². The van der Waals surface area contributed by atoms with Crippen molar-refractivity contribution in [1.29, 1.82) is 0 Å². The molecule has 0 saturated carbocycles. The molecule has 96 valence electrons. The van der Waals surface area contributed by atoms with Crippen molar-refractivity contribution in [3.05, 3.63) is 58.3 Å². The number of nitrogens with zero attached hydrogens (tertiary/aromatic N) is 2. The molecule has 3 aromatic rings. The summed E-state index contributed by atoms with van der Waals surface area (Å²) in [6.07, 6.45) is 0. The van der Waals surface area contributed by atoms with Gasteiger partial charge < -0.3 is 0 Å². The van der Waals surface area contributed by atoms with Crippen LogP contribution < -0.4 is 0 Å². The first-order valence-electron chi connectivity index (χ1n) is 5.84. The normalized spacial score (nSPS) is 11.0. The first-order chi connectivity index (χ1) is 9.33. The summed E-state index contributed by atoms with van der Waals surface area (Å²) in [5.41, 5.74) is 1.32. The summed E-state index contributed by atoms with van der Waals surface area (Å²) in [4.78, 5) is 9.84. The fraction of sp³-hybridized carbons (Fsp3) is 0.143. The van der Waals surface area contributed by atoms with Gasteiger partial charge in [0, 0.05) is 11.1 Å². The Bertz CT molecular complexity index is 682. The van der Waals surface area contributed by atoms with Gasteiger partial charge in [0.2, 0.25) is 0 Å². The number of fused-ring (bicyclic) bond motifs is 1. The summed E-state index contributed by atoms with van der Waals surface area (Å²) < 4.78 is 0. The molecule has 0 N–H and O–H groups in total. The summed E-state index contributed by atoms with van der Waals surface area (Å²) in [6.45, 7) is 0. The fourth-order valence-electron chi connectivity index (χ4n) is 1.76. The van der Waals surface area contributed by atoms with Crippen molar-refractivity contribution >= 4 is 44.9 Å². The van der Waals surface area contributed by atoms with Crippen molar-refractivity contribution in [3.63, 3.8) is 0 Å². The largest absolute Gasteiger partial charge is 0.221 e. The van der Waals surface area contributed by atoms with Crippen molar-refractivity contribution in [2.45, 2.75) is 11.5 Å². The van der Waals surface area contributed by atoms with Crippen LogP contribution in [0.3, 0.4) is 0 Å². The third-order valence-electron chi connectivity index (χ3n) is 2.67. The molecule has 0 aliphatic heterocycles. The lowest BCUT2D eigenvalue weighted by Gasteiger charge is -2.02. The molecule has 0 saturated heterocycles. The summed E-state index contributed by atoms with van der Waals surface area (Å²) in [5, 5.41) is 3.50. The molecule has 0 fully saturated rings. The van der Waals surface area contributed by atoms with E-state index in [1.807, 2.05) is 17.5 Å². The van der Waals surface area contributed by atoms with Gasteiger partial charge in [-0.15, -0.1) is 23.1 Å². The average molecular weight is 307 g/mol. The van der Waals surface area contributed by atoms with Gasteiger partial charge in [-0.05, 0) is 17.0 Å².